The molecule has 0 aliphatic carbocycles. The third kappa shape index (κ3) is 3.30. The number of benzene rings is 2. The van der Waals surface area contributed by atoms with Crippen molar-refractivity contribution in [3.05, 3.63) is 59.4 Å². The molecule has 33 heavy (non-hydrogen) atoms. The van der Waals surface area contributed by atoms with E-state index in [9.17, 15) is 19.2 Å². The van der Waals surface area contributed by atoms with Crippen LogP contribution in [0.25, 0.3) is 11.0 Å². The lowest BCUT2D eigenvalue weighted by molar-refractivity contribution is -0.125. The van der Waals surface area contributed by atoms with E-state index in [-0.39, 0.29) is 24.8 Å². The number of hydrogen-bond acceptors (Lipinski definition) is 6. The Morgan fingerprint density at radius 3 is 2.73 bits per heavy atom. The van der Waals surface area contributed by atoms with Crippen LogP contribution in [0.15, 0.2) is 46.9 Å². The average molecular weight is 449 g/mol. The highest BCUT2D eigenvalue weighted by Crippen LogP contribution is 2.35. The number of primary amides is 1. The molecule has 3 aromatic rings. The smallest absolute Gasteiger partial charge is 0.322 e. The van der Waals surface area contributed by atoms with Crippen LogP contribution < -0.4 is 26.4 Å². The van der Waals surface area contributed by atoms with Crippen molar-refractivity contribution in [1.82, 2.24) is 15.5 Å². The molecule has 0 saturated carbocycles. The lowest BCUT2D eigenvalue weighted by atomic mass is 9.95. The number of anilines is 1. The summed E-state index contributed by atoms with van der Waals surface area (Å²) >= 11 is 0. The summed E-state index contributed by atoms with van der Waals surface area (Å²) in [5.41, 5.74) is 5.66. The van der Waals surface area contributed by atoms with E-state index in [1.807, 2.05) is 0 Å². The van der Waals surface area contributed by atoms with Crippen LogP contribution >= 0.6 is 0 Å². The lowest BCUT2D eigenvalue weighted by Crippen LogP contribution is -2.52. The van der Waals surface area contributed by atoms with Gasteiger partial charge in [0.15, 0.2) is 5.54 Å². The molecule has 3 heterocycles. The van der Waals surface area contributed by atoms with Gasteiger partial charge < -0.3 is 30.4 Å². The Morgan fingerprint density at radius 1 is 1.21 bits per heavy atom. The summed E-state index contributed by atoms with van der Waals surface area (Å²) in [5.74, 6) is -0.230. The van der Waals surface area contributed by atoms with E-state index in [0.29, 0.717) is 28.0 Å². The van der Waals surface area contributed by atoms with Gasteiger partial charge in [0.1, 0.15) is 17.1 Å². The number of nitrogens with two attached hydrogens (primary N) is 1. The SMILES string of the molecule is COc1ccc2c(c1)C(=O)N(CC1(c3cc4cc(NC(N)=O)ccc4o3)NC(=O)NC1=O)C2. The molecule has 0 radical (unpaired) electrons. The van der Waals surface area contributed by atoms with Crippen molar-refractivity contribution >= 4 is 40.5 Å². The standard InChI is InChI=1S/C22H19N5O6/c1-32-14-4-2-11-9-27(18(28)15(11)8-14)10-22(19(29)25-21(31)26-22)17-7-12-6-13(24-20(23)30)3-5-16(12)33-17/h2-8H,9-10H2,1H3,(H3,23,24,30)(H2,25,26,29,31). The first kappa shape index (κ1) is 20.4. The second kappa shape index (κ2) is 7.26. The van der Waals surface area contributed by atoms with Crippen molar-refractivity contribution in [1.29, 1.82) is 0 Å². The van der Waals surface area contributed by atoms with E-state index >= 15 is 0 Å². The van der Waals surface area contributed by atoms with Crippen LogP contribution in [0.3, 0.4) is 0 Å². The largest absolute Gasteiger partial charge is 0.497 e. The van der Waals surface area contributed by atoms with Crippen LogP contribution in [0, 0.1) is 0 Å². The summed E-state index contributed by atoms with van der Waals surface area (Å²) < 4.78 is 11.1. The average Bonchev–Trinajstić information content (AvgIpc) is 3.41. The van der Waals surface area contributed by atoms with Gasteiger partial charge in [-0.15, -0.1) is 0 Å². The summed E-state index contributed by atoms with van der Waals surface area (Å²) in [6.45, 7) is 0.114. The Labute approximate surface area is 186 Å². The lowest BCUT2D eigenvalue weighted by Gasteiger charge is -2.29. The summed E-state index contributed by atoms with van der Waals surface area (Å²) in [6.07, 6.45) is 0. The van der Waals surface area contributed by atoms with Gasteiger partial charge in [0.25, 0.3) is 11.8 Å². The van der Waals surface area contributed by atoms with Gasteiger partial charge in [-0.25, -0.2) is 9.59 Å². The molecule has 0 spiro atoms. The number of carbonyl (C=O) groups is 4. The van der Waals surface area contributed by atoms with E-state index in [4.69, 9.17) is 14.9 Å². The zero-order valence-electron chi connectivity index (χ0n) is 17.4. The number of fused-ring (bicyclic) bond motifs is 2. The molecule has 5 N–H and O–H groups in total. The fourth-order valence-corrected chi connectivity index (χ4v) is 4.21. The van der Waals surface area contributed by atoms with E-state index in [2.05, 4.69) is 16.0 Å². The molecule has 1 unspecified atom stereocenters. The Hall–Kier alpha value is -4.54. The van der Waals surface area contributed by atoms with E-state index in [1.54, 1.807) is 42.5 Å². The second-order valence-electron chi connectivity index (χ2n) is 7.85. The van der Waals surface area contributed by atoms with Gasteiger partial charge >= 0.3 is 12.1 Å². The highest BCUT2D eigenvalue weighted by Gasteiger charge is 2.53. The molecule has 2 aliphatic heterocycles. The predicted molar refractivity (Wildman–Crippen MR) is 116 cm³/mol. The topological polar surface area (TPSA) is 156 Å². The number of rotatable bonds is 5. The highest BCUT2D eigenvalue weighted by atomic mass is 16.5. The molecule has 1 atom stereocenters. The monoisotopic (exact) mass is 449 g/mol. The van der Waals surface area contributed by atoms with Crippen LogP contribution in [-0.2, 0) is 16.9 Å². The number of nitrogens with zero attached hydrogens (tertiary/aromatic N) is 1. The molecule has 11 heteroatoms. The summed E-state index contributed by atoms with van der Waals surface area (Å²) in [7, 11) is 1.51. The number of furan rings is 1. The van der Waals surface area contributed by atoms with Crippen molar-refractivity contribution in [3.63, 3.8) is 0 Å². The van der Waals surface area contributed by atoms with Gasteiger partial charge in [0.05, 0.1) is 13.7 Å². The van der Waals surface area contributed by atoms with Crippen LogP contribution in [0.2, 0.25) is 0 Å². The van der Waals surface area contributed by atoms with Crippen LogP contribution in [0.5, 0.6) is 5.75 Å². The molecule has 2 aromatic carbocycles. The fraction of sp³-hybridized carbons (Fsp3) is 0.182. The zero-order chi connectivity index (χ0) is 23.3. The van der Waals surface area contributed by atoms with Crippen molar-refractivity contribution in [2.75, 3.05) is 19.0 Å². The predicted octanol–water partition coefficient (Wildman–Crippen LogP) is 1.62. The number of nitrogens with one attached hydrogen (secondary N) is 3. The molecule has 6 amide bonds. The number of carbonyl (C=O) groups excluding carboxylic acids is 4. The van der Waals surface area contributed by atoms with Crippen LogP contribution in [0.1, 0.15) is 21.7 Å². The van der Waals surface area contributed by atoms with E-state index in [1.165, 1.54) is 12.0 Å². The Morgan fingerprint density at radius 2 is 2.03 bits per heavy atom. The Bertz CT molecular complexity index is 1350. The number of amides is 6. The van der Waals surface area contributed by atoms with E-state index < -0.39 is 23.5 Å². The minimum absolute atomic E-state index is 0.146. The molecular formula is C22H19N5O6. The number of imide groups is 1. The molecular weight excluding hydrogens is 430 g/mol. The van der Waals surface area contributed by atoms with Gasteiger partial charge in [-0.1, -0.05) is 6.07 Å². The minimum Gasteiger partial charge on any atom is -0.497 e. The maximum Gasteiger partial charge on any atom is 0.322 e. The Balaban J connectivity index is 1.52. The number of hydrogen-bond donors (Lipinski definition) is 4. The highest BCUT2D eigenvalue weighted by molar-refractivity contribution is 6.08. The maximum atomic E-state index is 13.1. The van der Waals surface area contributed by atoms with Gasteiger partial charge in [-0.3, -0.25) is 14.9 Å². The van der Waals surface area contributed by atoms with Gasteiger partial charge in [0.2, 0.25) is 0 Å². The molecule has 0 bridgehead atoms. The zero-order valence-corrected chi connectivity index (χ0v) is 17.4. The molecule has 5 rings (SSSR count). The number of urea groups is 2. The van der Waals surface area contributed by atoms with Crippen LogP contribution in [-0.4, -0.2) is 42.4 Å². The molecule has 1 aromatic heterocycles. The number of methoxy groups -OCH3 is 1. The molecule has 1 saturated heterocycles. The molecule has 168 valence electrons. The maximum absolute atomic E-state index is 13.1. The number of ether oxygens (including phenoxy) is 1. The first-order valence-electron chi connectivity index (χ1n) is 9.99. The van der Waals surface area contributed by atoms with Crippen molar-refractivity contribution < 1.29 is 28.3 Å². The summed E-state index contributed by atoms with van der Waals surface area (Å²) in [6, 6.07) is 10.2. The van der Waals surface area contributed by atoms with Gasteiger partial charge in [-0.05, 0) is 42.0 Å². The van der Waals surface area contributed by atoms with Crippen molar-refractivity contribution in [3.8, 4) is 5.75 Å². The normalized spacial score (nSPS) is 19.4. The van der Waals surface area contributed by atoms with E-state index in [0.717, 1.165) is 5.56 Å². The van der Waals surface area contributed by atoms with Crippen molar-refractivity contribution in [2.24, 2.45) is 5.73 Å². The molecule has 11 nitrogen and oxygen atoms in total. The summed E-state index contributed by atoms with van der Waals surface area (Å²) in [4.78, 5) is 50.8. The van der Waals surface area contributed by atoms with Gasteiger partial charge in [-0.2, -0.15) is 0 Å². The first-order valence-corrected chi connectivity index (χ1v) is 9.99. The fourth-order valence-electron chi connectivity index (χ4n) is 4.21. The Kier molecular flexibility index (Phi) is 4.48. The quantitative estimate of drug-likeness (QED) is 0.434. The second-order valence-corrected chi connectivity index (χ2v) is 7.85. The van der Waals surface area contributed by atoms with Crippen molar-refractivity contribution in [2.45, 2.75) is 12.1 Å². The third-order valence-corrected chi connectivity index (χ3v) is 5.77. The molecule has 2 aliphatic rings. The van der Waals surface area contributed by atoms with Crippen LogP contribution in [0.4, 0.5) is 15.3 Å². The van der Waals surface area contributed by atoms with Gasteiger partial charge in [0, 0.05) is 23.2 Å². The summed E-state index contributed by atoms with van der Waals surface area (Å²) in [5, 5.41) is 7.92. The molecule has 1 fully saturated rings. The first-order chi connectivity index (χ1) is 15.8. The minimum atomic E-state index is -1.63. The third-order valence-electron chi connectivity index (χ3n) is 5.77.